The molecule has 0 atom stereocenters. The molecule has 0 rings (SSSR count). The van der Waals surface area contributed by atoms with Gasteiger partial charge in [-0.05, 0) is 6.92 Å². The predicted octanol–water partition coefficient (Wildman–Crippen LogP) is 4.14. The summed E-state index contributed by atoms with van der Waals surface area (Å²) in [6.45, 7) is 0.746. The van der Waals surface area contributed by atoms with Crippen LogP contribution in [0.1, 0.15) is 6.92 Å². The summed E-state index contributed by atoms with van der Waals surface area (Å²) in [7, 11) is 0. The Hall–Kier alpha value is -1.13. The SMILES string of the molecule is CCOC(=O)/C(Cl)=C\C(F)(F)C(F)(F)C(F)(F)C(F)(F)F. The molecule has 0 N–H and O–H groups in total. The van der Waals surface area contributed by atoms with Crippen LogP contribution in [0, 0.1) is 0 Å². The van der Waals surface area contributed by atoms with E-state index in [0.29, 0.717) is 0 Å². The lowest BCUT2D eigenvalue weighted by Crippen LogP contribution is -2.60. The quantitative estimate of drug-likeness (QED) is 0.422. The van der Waals surface area contributed by atoms with Crippen molar-refractivity contribution in [3.05, 3.63) is 11.1 Å². The van der Waals surface area contributed by atoms with Gasteiger partial charge in [0.1, 0.15) is 5.03 Å². The van der Waals surface area contributed by atoms with Gasteiger partial charge >= 0.3 is 29.9 Å². The third-order valence-corrected chi connectivity index (χ3v) is 2.21. The van der Waals surface area contributed by atoms with Crippen molar-refractivity contribution in [3.8, 4) is 0 Å². The van der Waals surface area contributed by atoms with E-state index >= 15 is 0 Å². The summed E-state index contributed by atoms with van der Waals surface area (Å²) in [6.07, 6.45) is -8.16. The van der Waals surface area contributed by atoms with Crippen LogP contribution in [0.2, 0.25) is 0 Å². The Morgan fingerprint density at radius 2 is 1.43 bits per heavy atom. The van der Waals surface area contributed by atoms with E-state index in [1.807, 2.05) is 0 Å². The van der Waals surface area contributed by atoms with Crippen molar-refractivity contribution >= 4 is 17.6 Å². The van der Waals surface area contributed by atoms with E-state index in [1.165, 1.54) is 6.92 Å². The summed E-state index contributed by atoms with van der Waals surface area (Å²) in [5.41, 5.74) is 0. The molecule has 2 nitrogen and oxygen atoms in total. The van der Waals surface area contributed by atoms with Crippen LogP contribution in [0.5, 0.6) is 0 Å². The molecule has 0 bridgehead atoms. The molecular weight excluding hydrogens is 347 g/mol. The number of carbonyl (C=O) groups is 1. The van der Waals surface area contributed by atoms with Gasteiger partial charge in [0.25, 0.3) is 0 Å². The van der Waals surface area contributed by atoms with Gasteiger partial charge in [-0.3, -0.25) is 0 Å². The van der Waals surface area contributed by atoms with Gasteiger partial charge in [0, 0.05) is 6.08 Å². The summed E-state index contributed by atoms with van der Waals surface area (Å²) in [5, 5.41) is -1.76. The van der Waals surface area contributed by atoms with Crippen molar-refractivity contribution in [1.82, 2.24) is 0 Å². The molecule has 0 radical (unpaired) electrons. The maximum absolute atomic E-state index is 13.0. The summed E-state index contributed by atoms with van der Waals surface area (Å²) >= 11 is 4.81. The Morgan fingerprint density at radius 1 is 1.00 bits per heavy atom. The fourth-order valence-electron chi connectivity index (χ4n) is 0.896. The molecule has 0 aromatic heterocycles. The molecule has 0 aliphatic carbocycles. The zero-order chi connectivity index (χ0) is 17.3. The van der Waals surface area contributed by atoms with Crippen LogP contribution in [0.4, 0.5) is 39.5 Å². The molecular formula is C9H6ClF9O2. The fourth-order valence-corrected chi connectivity index (χ4v) is 1.09. The Balaban J connectivity index is 5.69. The monoisotopic (exact) mass is 352 g/mol. The van der Waals surface area contributed by atoms with E-state index in [1.54, 1.807) is 0 Å². The number of rotatable bonds is 5. The minimum Gasteiger partial charge on any atom is -0.462 e. The number of alkyl halides is 9. The van der Waals surface area contributed by atoms with E-state index in [-0.39, 0.29) is 0 Å². The normalized spacial score (nSPS) is 15.1. The number of ether oxygens (including phenoxy) is 1. The third-order valence-electron chi connectivity index (χ3n) is 1.95. The van der Waals surface area contributed by atoms with Gasteiger partial charge in [-0.25, -0.2) is 4.79 Å². The second kappa shape index (κ2) is 5.93. The third kappa shape index (κ3) is 3.74. The fraction of sp³-hybridized carbons (Fsp3) is 0.667. The van der Waals surface area contributed by atoms with Gasteiger partial charge in [0.2, 0.25) is 0 Å². The standard InChI is InChI=1S/C9H6ClF9O2/c1-2-21-5(20)4(10)3-6(11,12)7(13,14)8(15,16)9(17,18)19/h3H,2H2,1H3/b4-3+. The Kier molecular flexibility index (Phi) is 5.61. The van der Waals surface area contributed by atoms with Crippen LogP contribution >= 0.6 is 11.6 Å². The summed E-state index contributed by atoms with van der Waals surface area (Å²) < 4.78 is 116. The first-order valence-corrected chi connectivity index (χ1v) is 5.25. The molecule has 124 valence electrons. The molecule has 0 aromatic carbocycles. The van der Waals surface area contributed by atoms with Crippen LogP contribution < -0.4 is 0 Å². The largest absolute Gasteiger partial charge is 0.462 e. The Bertz CT molecular complexity index is 427. The van der Waals surface area contributed by atoms with Crippen LogP contribution in [-0.2, 0) is 9.53 Å². The highest BCUT2D eigenvalue weighted by molar-refractivity contribution is 6.41. The highest BCUT2D eigenvalue weighted by Gasteiger charge is 2.81. The molecule has 0 fully saturated rings. The first kappa shape index (κ1) is 19.9. The van der Waals surface area contributed by atoms with Crippen LogP contribution in [0.15, 0.2) is 11.1 Å². The zero-order valence-corrected chi connectivity index (χ0v) is 10.6. The highest BCUT2D eigenvalue weighted by atomic mass is 35.5. The van der Waals surface area contributed by atoms with E-state index in [9.17, 15) is 44.3 Å². The summed E-state index contributed by atoms with van der Waals surface area (Å²) in [4.78, 5) is 10.8. The molecule has 0 unspecified atom stereocenters. The molecule has 0 heterocycles. The molecule has 21 heavy (non-hydrogen) atoms. The van der Waals surface area contributed by atoms with E-state index < -0.39 is 47.6 Å². The van der Waals surface area contributed by atoms with Crippen molar-refractivity contribution in [2.75, 3.05) is 6.61 Å². The minimum absolute atomic E-state index is 0.427. The van der Waals surface area contributed by atoms with E-state index in [4.69, 9.17) is 11.6 Å². The number of allylic oxidation sites excluding steroid dienone is 1. The smallest absolute Gasteiger partial charge is 0.460 e. The first-order chi connectivity index (χ1) is 9.12. The Morgan fingerprint density at radius 3 is 1.76 bits per heavy atom. The molecule has 0 aliphatic rings. The highest BCUT2D eigenvalue weighted by Crippen LogP contribution is 2.53. The topological polar surface area (TPSA) is 26.3 Å². The summed E-state index contributed by atoms with van der Waals surface area (Å²) in [5.74, 6) is -21.8. The van der Waals surface area contributed by atoms with Gasteiger partial charge in [-0.15, -0.1) is 0 Å². The molecule has 0 aliphatic heterocycles. The van der Waals surface area contributed by atoms with Crippen LogP contribution in [0.25, 0.3) is 0 Å². The van der Waals surface area contributed by atoms with Crippen molar-refractivity contribution < 1.29 is 49.0 Å². The minimum atomic E-state index is -7.05. The zero-order valence-electron chi connectivity index (χ0n) is 9.88. The van der Waals surface area contributed by atoms with E-state index in [2.05, 4.69) is 4.74 Å². The molecule has 0 aromatic rings. The number of halogens is 10. The first-order valence-electron chi connectivity index (χ1n) is 4.87. The molecule has 0 saturated heterocycles. The molecule has 0 saturated carbocycles. The number of hydrogen-bond donors (Lipinski definition) is 0. The van der Waals surface area contributed by atoms with Gasteiger partial charge in [0.15, 0.2) is 0 Å². The maximum atomic E-state index is 13.0. The summed E-state index contributed by atoms with van der Waals surface area (Å²) in [6, 6.07) is 0. The van der Waals surface area contributed by atoms with Crippen LogP contribution in [-0.4, -0.2) is 36.5 Å². The number of carbonyl (C=O) groups excluding carboxylic acids is 1. The van der Waals surface area contributed by atoms with Crippen molar-refractivity contribution in [1.29, 1.82) is 0 Å². The van der Waals surface area contributed by atoms with Crippen molar-refractivity contribution in [2.24, 2.45) is 0 Å². The lowest BCUT2D eigenvalue weighted by molar-refractivity contribution is -0.388. The van der Waals surface area contributed by atoms with Crippen LogP contribution in [0.3, 0.4) is 0 Å². The van der Waals surface area contributed by atoms with Gasteiger partial charge in [-0.2, -0.15) is 39.5 Å². The lowest BCUT2D eigenvalue weighted by Gasteiger charge is -2.32. The lowest BCUT2D eigenvalue weighted by atomic mass is 10.0. The number of esters is 1. The van der Waals surface area contributed by atoms with E-state index in [0.717, 1.165) is 0 Å². The van der Waals surface area contributed by atoms with Gasteiger partial charge < -0.3 is 4.74 Å². The van der Waals surface area contributed by atoms with Crippen molar-refractivity contribution in [2.45, 2.75) is 30.9 Å². The average Bonchev–Trinajstić information content (AvgIpc) is 2.26. The Labute approximate surface area is 116 Å². The van der Waals surface area contributed by atoms with Gasteiger partial charge in [-0.1, -0.05) is 11.6 Å². The molecule has 0 spiro atoms. The second-order valence-electron chi connectivity index (χ2n) is 3.48. The number of hydrogen-bond acceptors (Lipinski definition) is 2. The van der Waals surface area contributed by atoms with Gasteiger partial charge in [0.05, 0.1) is 6.61 Å². The average molecular weight is 353 g/mol. The maximum Gasteiger partial charge on any atom is 0.460 e. The molecule has 12 heteroatoms. The predicted molar refractivity (Wildman–Crippen MR) is 51.5 cm³/mol. The van der Waals surface area contributed by atoms with Crippen molar-refractivity contribution in [3.63, 3.8) is 0 Å². The molecule has 0 amide bonds. The second-order valence-corrected chi connectivity index (χ2v) is 3.89.